The molecule has 0 aliphatic carbocycles. The fraction of sp³-hybridized carbons (Fsp3) is 0.333. The lowest BCUT2D eigenvalue weighted by Crippen LogP contribution is -2.02. The van der Waals surface area contributed by atoms with Gasteiger partial charge in [-0.25, -0.2) is 9.78 Å². The van der Waals surface area contributed by atoms with Crippen LogP contribution in [-0.4, -0.2) is 22.7 Å². The number of hydrogen-bond donors (Lipinski definition) is 1. The van der Waals surface area contributed by atoms with Crippen molar-refractivity contribution >= 4 is 17.3 Å². The molecule has 2 rings (SSSR count). The van der Waals surface area contributed by atoms with Crippen LogP contribution in [0.4, 0.5) is 0 Å². The number of aromatic carboxylic acids is 1. The molecule has 0 atom stereocenters. The first kappa shape index (κ1) is 14.5. The Hall–Kier alpha value is -1.88. The molecule has 0 saturated heterocycles. The van der Waals surface area contributed by atoms with Gasteiger partial charge in [0.1, 0.15) is 5.75 Å². The Kier molecular flexibility index (Phi) is 4.74. The van der Waals surface area contributed by atoms with Crippen LogP contribution in [0, 0.1) is 0 Å². The van der Waals surface area contributed by atoms with Gasteiger partial charge in [0.25, 0.3) is 0 Å². The van der Waals surface area contributed by atoms with E-state index >= 15 is 0 Å². The van der Waals surface area contributed by atoms with E-state index in [1.165, 1.54) is 16.9 Å². The van der Waals surface area contributed by atoms with Gasteiger partial charge in [0.05, 0.1) is 11.6 Å². The molecular weight excluding hydrogens is 274 g/mol. The first-order valence-electron chi connectivity index (χ1n) is 6.46. The molecule has 0 unspecified atom stereocenters. The van der Waals surface area contributed by atoms with Gasteiger partial charge < -0.3 is 9.84 Å². The molecule has 1 aromatic heterocycles. The topological polar surface area (TPSA) is 59.4 Å². The van der Waals surface area contributed by atoms with Gasteiger partial charge >= 0.3 is 5.97 Å². The third-order valence-corrected chi connectivity index (χ3v) is 3.81. The number of ether oxygens (including phenoxy) is 1. The first-order chi connectivity index (χ1) is 9.56. The maximum Gasteiger partial charge on any atom is 0.355 e. The van der Waals surface area contributed by atoms with E-state index in [1.807, 2.05) is 12.1 Å². The number of rotatable bonds is 6. The van der Waals surface area contributed by atoms with Crippen molar-refractivity contribution in [1.29, 1.82) is 0 Å². The highest BCUT2D eigenvalue weighted by molar-refractivity contribution is 7.09. The average molecular weight is 291 g/mol. The van der Waals surface area contributed by atoms with Crippen LogP contribution in [-0.2, 0) is 6.42 Å². The number of carboxylic acids is 1. The van der Waals surface area contributed by atoms with Gasteiger partial charge in [-0.05, 0) is 23.6 Å². The minimum atomic E-state index is -0.988. The van der Waals surface area contributed by atoms with Crippen molar-refractivity contribution in [2.75, 3.05) is 6.61 Å². The monoisotopic (exact) mass is 291 g/mol. The van der Waals surface area contributed by atoms with E-state index in [0.29, 0.717) is 18.9 Å². The fourth-order valence-electron chi connectivity index (χ4n) is 1.73. The van der Waals surface area contributed by atoms with E-state index in [1.54, 1.807) is 5.38 Å². The number of carbonyl (C=O) groups is 1. The largest absolute Gasteiger partial charge is 0.493 e. The first-order valence-corrected chi connectivity index (χ1v) is 7.34. The zero-order valence-corrected chi connectivity index (χ0v) is 12.3. The Labute approximate surface area is 122 Å². The third kappa shape index (κ3) is 3.81. The zero-order chi connectivity index (χ0) is 14.5. The second-order valence-corrected chi connectivity index (χ2v) is 5.70. The SMILES string of the molecule is CC(C)c1ccc(OCCc2nc(C(=O)O)cs2)cc1. The summed E-state index contributed by atoms with van der Waals surface area (Å²) >= 11 is 1.35. The molecule has 5 heteroatoms. The minimum absolute atomic E-state index is 0.103. The molecule has 0 fully saturated rings. The maximum atomic E-state index is 10.7. The Morgan fingerprint density at radius 2 is 2.05 bits per heavy atom. The standard InChI is InChI=1S/C15H17NO3S/c1-10(2)11-3-5-12(6-4-11)19-8-7-14-16-13(9-20-14)15(17)18/h3-6,9-10H,7-8H2,1-2H3,(H,17,18). The Morgan fingerprint density at radius 3 is 2.60 bits per heavy atom. The van der Waals surface area contributed by atoms with Crippen LogP contribution in [0.3, 0.4) is 0 Å². The highest BCUT2D eigenvalue weighted by atomic mass is 32.1. The van der Waals surface area contributed by atoms with Crippen molar-refractivity contribution in [3.05, 3.63) is 45.9 Å². The molecule has 1 heterocycles. The van der Waals surface area contributed by atoms with Crippen molar-refractivity contribution in [2.45, 2.75) is 26.2 Å². The molecule has 0 aliphatic heterocycles. The molecule has 0 radical (unpaired) electrons. The van der Waals surface area contributed by atoms with Crippen molar-refractivity contribution < 1.29 is 14.6 Å². The molecule has 20 heavy (non-hydrogen) atoms. The quantitative estimate of drug-likeness (QED) is 0.883. The normalized spacial score (nSPS) is 10.8. The molecular formula is C15H17NO3S. The van der Waals surface area contributed by atoms with E-state index in [-0.39, 0.29) is 5.69 Å². The Balaban J connectivity index is 1.84. The van der Waals surface area contributed by atoms with Gasteiger partial charge in [-0.1, -0.05) is 26.0 Å². The van der Waals surface area contributed by atoms with E-state index in [9.17, 15) is 4.79 Å². The summed E-state index contributed by atoms with van der Waals surface area (Å²) in [5, 5.41) is 11.1. The predicted molar refractivity (Wildman–Crippen MR) is 78.8 cm³/mol. The van der Waals surface area contributed by atoms with Crippen LogP contribution in [0.2, 0.25) is 0 Å². The second kappa shape index (κ2) is 6.52. The molecule has 0 saturated carbocycles. The molecule has 0 spiro atoms. The van der Waals surface area contributed by atoms with Crippen LogP contribution in [0.15, 0.2) is 29.6 Å². The van der Waals surface area contributed by atoms with E-state index in [2.05, 4.69) is 31.0 Å². The predicted octanol–water partition coefficient (Wildman–Crippen LogP) is 3.59. The molecule has 1 aromatic carbocycles. The van der Waals surface area contributed by atoms with Gasteiger partial charge in [-0.2, -0.15) is 0 Å². The second-order valence-electron chi connectivity index (χ2n) is 4.75. The summed E-state index contributed by atoms with van der Waals surface area (Å²) in [6, 6.07) is 8.04. The number of carboxylic acid groups (broad SMARTS) is 1. The summed E-state index contributed by atoms with van der Waals surface area (Å²) in [5.41, 5.74) is 1.38. The van der Waals surface area contributed by atoms with E-state index < -0.39 is 5.97 Å². The fourth-order valence-corrected chi connectivity index (χ4v) is 2.48. The molecule has 2 aromatic rings. The van der Waals surface area contributed by atoms with Crippen molar-refractivity contribution in [3.63, 3.8) is 0 Å². The highest BCUT2D eigenvalue weighted by Crippen LogP contribution is 2.19. The average Bonchev–Trinajstić information content (AvgIpc) is 2.88. The van der Waals surface area contributed by atoms with Crippen molar-refractivity contribution in [1.82, 2.24) is 4.98 Å². The van der Waals surface area contributed by atoms with Crippen molar-refractivity contribution in [2.24, 2.45) is 0 Å². The highest BCUT2D eigenvalue weighted by Gasteiger charge is 2.08. The number of thiazole rings is 1. The summed E-state index contributed by atoms with van der Waals surface area (Å²) in [6.45, 7) is 4.80. The summed E-state index contributed by atoms with van der Waals surface area (Å²) in [5.74, 6) is 0.343. The Bertz CT molecular complexity index is 575. The van der Waals surface area contributed by atoms with Gasteiger partial charge in [0, 0.05) is 11.8 Å². The van der Waals surface area contributed by atoms with Gasteiger partial charge in [-0.3, -0.25) is 0 Å². The number of nitrogens with zero attached hydrogens (tertiary/aromatic N) is 1. The van der Waals surface area contributed by atoms with Crippen LogP contribution in [0.25, 0.3) is 0 Å². The van der Waals surface area contributed by atoms with Crippen LogP contribution < -0.4 is 4.74 Å². The van der Waals surface area contributed by atoms with Crippen molar-refractivity contribution in [3.8, 4) is 5.75 Å². The molecule has 4 nitrogen and oxygen atoms in total. The molecule has 1 N–H and O–H groups in total. The minimum Gasteiger partial charge on any atom is -0.493 e. The van der Waals surface area contributed by atoms with E-state index in [4.69, 9.17) is 9.84 Å². The van der Waals surface area contributed by atoms with Gasteiger partial charge in [0.2, 0.25) is 0 Å². The number of aromatic nitrogens is 1. The summed E-state index contributed by atoms with van der Waals surface area (Å²) < 4.78 is 5.63. The smallest absolute Gasteiger partial charge is 0.355 e. The summed E-state index contributed by atoms with van der Waals surface area (Å²) in [6.07, 6.45) is 0.615. The molecule has 0 bridgehead atoms. The number of benzene rings is 1. The third-order valence-electron chi connectivity index (χ3n) is 2.90. The molecule has 106 valence electrons. The zero-order valence-electron chi connectivity index (χ0n) is 11.5. The summed E-state index contributed by atoms with van der Waals surface area (Å²) in [4.78, 5) is 14.7. The lowest BCUT2D eigenvalue weighted by atomic mass is 10.0. The number of hydrogen-bond acceptors (Lipinski definition) is 4. The van der Waals surface area contributed by atoms with Crippen LogP contribution >= 0.6 is 11.3 Å². The summed E-state index contributed by atoms with van der Waals surface area (Å²) in [7, 11) is 0. The lowest BCUT2D eigenvalue weighted by Gasteiger charge is -2.08. The Morgan fingerprint density at radius 1 is 1.35 bits per heavy atom. The van der Waals surface area contributed by atoms with E-state index in [0.717, 1.165) is 10.8 Å². The molecule has 0 aliphatic rings. The molecule has 0 amide bonds. The van der Waals surface area contributed by atoms with Gasteiger partial charge in [0.15, 0.2) is 5.69 Å². The van der Waals surface area contributed by atoms with Crippen LogP contribution in [0.1, 0.15) is 40.8 Å². The lowest BCUT2D eigenvalue weighted by molar-refractivity contribution is 0.0691. The van der Waals surface area contributed by atoms with Gasteiger partial charge in [-0.15, -0.1) is 11.3 Å². The van der Waals surface area contributed by atoms with Crippen LogP contribution in [0.5, 0.6) is 5.75 Å². The maximum absolute atomic E-state index is 10.7.